The molecule has 0 amide bonds. The molecule has 0 bridgehead atoms. The highest BCUT2D eigenvalue weighted by molar-refractivity contribution is 5.33. The first-order valence-corrected chi connectivity index (χ1v) is 6.51. The number of nitrogens with one attached hydrogen (secondary N) is 1. The van der Waals surface area contributed by atoms with E-state index in [0.29, 0.717) is 12.6 Å². The van der Waals surface area contributed by atoms with Gasteiger partial charge in [-0.05, 0) is 32.6 Å². The summed E-state index contributed by atoms with van der Waals surface area (Å²) in [7, 11) is 1.74. The van der Waals surface area contributed by atoms with Crippen LogP contribution >= 0.6 is 0 Å². The Balaban J connectivity index is 2.08. The number of nitrogens with zero attached hydrogens (tertiary/aromatic N) is 2. The van der Waals surface area contributed by atoms with Gasteiger partial charge in [0.1, 0.15) is 0 Å². The Morgan fingerprint density at radius 3 is 2.88 bits per heavy atom. The molecule has 1 aliphatic rings. The molecule has 0 radical (unpaired) electrons. The van der Waals surface area contributed by atoms with E-state index < -0.39 is 0 Å². The largest absolute Gasteiger partial charge is 0.383 e. The van der Waals surface area contributed by atoms with Crippen molar-refractivity contribution in [3.63, 3.8) is 0 Å². The average Bonchev–Trinajstić information content (AvgIpc) is 2.71. The molecular weight excluding hydrogens is 214 g/mol. The molecule has 4 heteroatoms. The lowest BCUT2D eigenvalue weighted by Gasteiger charge is -2.42. The van der Waals surface area contributed by atoms with Crippen LogP contribution in [-0.4, -0.2) is 28.8 Å². The molecule has 96 valence electrons. The van der Waals surface area contributed by atoms with Crippen molar-refractivity contribution in [2.24, 2.45) is 0 Å². The summed E-state index contributed by atoms with van der Waals surface area (Å²) in [5, 5.41) is 3.63. The van der Waals surface area contributed by atoms with Crippen molar-refractivity contribution in [3.05, 3.63) is 12.4 Å². The minimum absolute atomic E-state index is 0.288. The zero-order valence-electron chi connectivity index (χ0n) is 11.1. The molecule has 0 saturated heterocycles. The van der Waals surface area contributed by atoms with E-state index in [1.807, 2.05) is 12.4 Å². The molecule has 1 aliphatic carbocycles. The van der Waals surface area contributed by atoms with Crippen LogP contribution in [-0.2, 0) is 4.74 Å². The van der Waals surface area contributed by atoms with Crippen LogP contribution in [0.5, 0.6) is 0 Å². The quantitative estimate of drug-likeness (QED) is 0.827. The van der Waals surface area contributed by atoms with Crippen molar-refractivity contribution in [1.29, 1.82) is 0 Å². The number of anilines is 1. The highest BCUT2D eigenvalue weighted by Crippen LogP contribution is 2.37. The van der Waals surface area contributed by atoms with Gasteiger partial charge in [0.05, 0.1) is 12.6 Å². The molecule has 2 rings (SSSR count). The highest BCUT2D eigenvalue weighted by atomic mass is 16.5. The van der Waals surface area contributed by atoms with Crippen molar-refractivity contribution in [3.8, 4) is 0 Å². The number of methoxy groups -OCH3 is 1. The summed E-state index contributed by atoms with van der Waals surface area (Å²) in [4.78, 5) is 4.43. The lowest BCUT2D eigenvalue weighted by Crippen LogP contribution is -2.45. The molecule has 17 heavy (non-hydrogen) atoms. The minimum atomic E-state index is 0.288. The molecule has 1 saturated carbocycles. The summed E-state index contributed by atoms with van der Waals surface area (Å²) in [5.41, 5.74) is 0.288. The third kappa shape index (κ3) is 2.46. The van der Waals surface area contributed by atoms with E-state index >= 15 is 0 Å². The zero-order chi connectivity index (χ0) is 12.3. The number of aromatic nitrogens is 2. The molecule has 1 aromatic heterocycles. The van der Waals surface area contributed by atoms with Crippen molar-refractivity contribution < 1.29 is 4.74 Å². The lowest BCUT2D eigenvalue weighted by molar-refractivity contribution is 0.162. The highest BCUT2D eigenvalue weighted by Gasteiger charge is 2.36. The smallest absolute Gasteiger partial charge is 0.203 e. The first-order valence-electron chi connectivity index (χ1n) is 6.51. The van der Waals surface area contributed by atoms with E-state index in [1.54, 1.807) is 7.11 Å². The van der Waals surface area contributed by atoms with Crippen LogP contribution in [0, 0.1) is 0 Å². The summed E-state index contributed by atoms with van der Waals surface area (Å²) in [6, 6.07) is 0.319. The van der Waals surface area contributed by atoms with Crippen molar-refractivity contribution >= 4 is 5.95 Å². The average molecular weight is 237 g/mol. The normalized spacial score (nSPS) is 19.7. The van der Waals surface area contributed by atoms with E-state index in [-0.39, 0.29) is 5.54 Å². The van der Waals surface area contributed by atoms with Crippen molar-refractivity contribution in [1.82, 2.24) is 9.55 Å². The summed E-state index contributed by atoms with van der Waals surface area (Å²) in [5.74, 6) is 0.982. The summed E-state index contributed by atoms with van der Waals surface area (Å²) < 4.78 is 7.37. The standard InChI is InChI=1S/C13H23N3O/c1-4-13(6-5-7-13)15-12-14-8-9-16(12)11(2)10-17-3/h8-9,11H,4-7,10H2,1-3H3,(H,14,15). The molecule has 1 unspecified atom stereocenters. The van der Waals surface area contributed by atoms with Gasteiger partial charge in [0.25, 0.3) is 0 Å². The molecular formula is C13H23N3O. The maximum atomic E-state index is 5.20. The number of rotatable bonds is 6. The van der Waals surface area contributed by atoms with Crippen LogP contribution in [0.2, 0.25) is 0 Å². The molecule has 1 atom stereocenters. The summed E-state index contributed by atoms with van der Waals surface area (Å²) in [6.07, 6.45) is 8.89. The fourth-order valence-corrected chi connectivity index (χ4v) is 2.49. The van der Waals surface area contributed by atoms with Crippen LogP contribution in [0.3, 0.4) is 0 Å². The third-order valence-electron chi connectivity index (χ3n) is 3.92. The number of ether oxygens (including phenoxy) is 1. The lowest BCUT2D eigenvalue weighted by atomic mass is 9.75. The Labute approximate surface area is 103 Å². The van der Waals surface area contributed by atoms with Gasteiger partial charge < -0.3 is 14.6 Å². The second-order valence-corrected chi connectivity index (χ2v) is 5.07. The second kappa shape index (κ2) is 5.08. The van der Waals surface area contributed by atoms with Gasteiger partial charge >= 0.3 is 0 Å². The van der Waals surface area contributed by atoms with Gasteiger partial charge in [0, 0.05) is 25.0 Å². The van der Waals surface area contributed by atoms with Gasteiger partial charge in [-0.25, -0.2) is 4.98 Å². The zero-order valence-corrected chi connectivity index (χ0v) is 11.1. The Bertz CT molecular complexity index is 352. The second-order valence-electron chi connectivity index (χ2n) is 5.07. The Morgan fingerprint density at radius 1 is 1.59 bits per heavy atom. The maximum absolute atomic E-state index is 5.20. The van der Waals surface area contributed by atoms with Gasteiger partial charge in [0.2, 0.25) is 5.95 Å². The molecule has 0 aromatic carbocycles. The molecule has 1 heterocycles. The van der Waals surface area contributed by atoms with Gasteiger partial charge in [-0.15, -0.1) is 0 Å². The third-order valence-corrected chi connectivity index (χ3v) is 3.92. The maximum Gasteiger partial charge on any atom is 0.203 e. The Morgan fingerprint density at radius 2 is 2.35 bits per heavy atom. The fraction of sp³-hybridized carbons (Fsp3) is 0.769. The van der Waals surface area contributed by atoms with Gasteiger partial charge in [-0.3, -0.25) is 0 Å². The van der Waals surface area contributed by atoms with Crippen LogP contribution in [0.4, 0.5) is 5.95 Å². The van der Waals surface area contributed by atoms with Crippen LogP contribution < -0.4 is 5.32 Å². The summed E-state index contributed by atoms with van der Waals surface area (Å²) >= 11 is 0. The van der Waals surface area contributed by atoms with Crippen LogP contribution in [0.1, 0.15) is 45.6 Å². The SMILES string of the molecule is CCC1(Nc2nccn2C(C)COC)CCC1. The molecule has 4 nitrogen and oxygen atoms in total. The molecule has 0 spiro atoms. The molecule has 1 aromatic rings. The number of hydrogen-bond donors (Lipinski definition) is 1. The van der Waals surface area contributed by atoms with Crippen molar-refractivity contribution in [2.75, 3.05) is 19.0 Å². The summed E-state index contributed by atoms with van der Waals surface area (Å²) in [6.45, 7) is 5.11. The Kier molecular flexibility index (Phi) is 3.72. The van der Waals surface area contributed by atoms with E-state index in [9.17, 15) is 0 Å². The van der Waals surface area contributed by atoms with E-state index in [2.05, 4.69) is 28.7 Å². The number of hydrogen-bond acceptors (Lipinski definition) is 3. The Hall–Kier alpha value is -1.03. The van der Waals surface area contributed by atoms with E-state index in [4.69, 9.17) is 4.74 Å². The van der Waals surface area contributed by atoms with Gasteiger partial charge in [-0.1, -0.05) is 6.92 Å². The fourth-order valence-electron chi connectivity index (χ4n) is 2.49. The minimum Gasteiger partial charge on any atom is -0.383 e. The molecule has 0 aliphatic heterocycles. The molecule has 1 fully saturated rings. The predicted octanol–water partition coefficient (Wildman–Crippen LogP) is 2.84. The predicted molar refractivity (Wildman–Crippen MR) is 69.3 cm³/mol. The topological polar surface area (TPSA) is 39.1 Å². The van der Waals surface area contributed by atoms with Gasteiger partial charge in [0.15, 0.2) is 0 Å². The first kappa shape index (κ1) is 12.4. The first-order chi connectivity index (χ1) is 8.21. The number of imidazole rings is 1. The van der Waals surface area contributed by atoms with Crippen LogP contribution in [0.25, 0.3) is 0 Å². The molecule has 1 N–H and O–H groups in total. The van der Waals surface area contributed by atoms with Gasteiger partial charge in [-0.2, -0.15) is 0 Å². The van der Waals surface area contributed by atoms with E-state index in [0.717, 1.165) is 5.95 Å². The van der Waals surface area contributed by atoms with Crippen molar-refractivity contribution in [2.45, 2.75) is 51.1 Å². The van der Waals surface area contributed by atoms with Crippen LogP contribution in [0.15, 0.2) is 12.4 Å². The van der Waals surface area contributed by atoms with E-state index in [1.165, 1.54) is 25.7 Å². The monoisotopic (exact) mass is 237 g/mol.